The van der Waals surface area contributed by atoms with Gasteiger partial charge in [-0.25, -0.2) is 4.98 Å². The molecule has 4 aromatic rings. The molecule has 0 radical (unpaired) electrons. The normalized spacial score (nSPS) is 11.8. The lowest BCUT2D eigenvalue weighted by Gasteiger charge is -2.15. The quantitative estimate of drug-likeness (QED) is 0.390. The maximum absolute atomic E-state index is 11.4. The summed E-state index contributed by atoms with van der Waals surface area (Å²) in [5, 5.41) is 10.0. The minimum absolute atomic E-state index is 0. The second-order valence-corrected chi connectivity index (χ2v) is 7.27. The summed E-state index contributed by atoms with van der Waals surface area (Å²) in [5.74, 6) is -0.231. The van der Waals surface area contributed by atoms with Crippen molar-refractivity contribution >= 4 is 41.0 Å². The SMILES string of the molecule is Cl.O=C(O)CC(Cc1nc2cc(Cl)ccc2[nH]1)c1ccc(-c2ccccc2)cc1. The van der Waals surface area contributed by atoms with E-state index >= 15 is 0 Å². The number of imidazole rings is 1. The van der Waals surface area contributed by atoms with Gasteiger partial charge in [-0.1, -0.05) is 66.2 Å². The van der Waals surface area contributed by atoms with Gasteiger partial charge in [0.1, 0.15) is 5.82 Å². The molecule has 1 atom stereocenters. The van der Waals surface area contributed by atoms with Crippen molar-refractivity contribution in [1.82, 2.24) is 9.97 Å². The molecule has 29 heavy (non-hydrogen) atoms. The Hall–Kier alpha value is -2.82. The average Bonchev–Trinajstić information content (AvgIpc) is 3.09. The Bertz CT molecular complexity index is 1110. The molecule has 3 aromatic carbocycles. The van der Waals surface area contributed by atoms with E-state index in [1.165, 1.54) is 0 Å². The number of hydrogen-bond acceptors (Lipinski definition) is 2. The van der Waals surface area contributed by atoms with Crippen molar-refractivity contribution in [2.24, 2.45) is 0 Å². The van der Waals surface area contributed by atoms with Crippen molar-refractivity contribution in [1.29, 1.82) is 0 Å². The number of aromatic nitrogens is 2. The number of carbonyl (C=O) groups is 1. The molecular formula is C23H20Cl2N2O2. The smallest absolute Gasteiger partial charge is 0.303 e. The van der Waals surface area contributed by atoms with Crippen molar-refractivity contribution in [2.75, 3.05) is 0 Å². The molecule has 0 aliphatic heterocycles. The molecule has 4 rings (SSSR count). The highest BCUT2D eigenvalue weighted by molar-refractivity contribution is 6.31. The van der Waals surface area contributed by atoms with Gasteiger partial charge in [0, 0.05) is 17.4 Å². The van der Waals surface area contributed by atoms with Crippen LogP contribution in [-0.2, 0) is 11.2 Å². The fourth-order valence-electron chi connectivity index (χ4n) is 3.46. The first-order chi connectivity index (χ1) is 13.6. The number of nitrogens with one attached hydrogen (secondary N) is 1. The average molecular weight is 427 g/mol. The summed E-state index contributed by atoms with van der Waals surface area (Å²) < 4.78 is 0. The molecule has 0 fully saturated rings. The molecule has 1 heterocycles. The largest absolute Gasteiger partial charge is 0.481 e. The van der Waals surface area contributed by atoms with Gasteiger partial charge in [0.15, 0.2) is 0 Å². The van der Waals surface area contributed by atoms with E-state index < -0.39 is 5.97 Å². The number of aromatic amines is 1. The van der Waals surface area contributed by atoms with Gasteiger partial charge in [-0.2, -0.15) is 0 Å². The van der Waals surface area contributed by atoms with Crippen LogP contribution in [-0.4, -0.2) is 21.0 Å². The minimum atomic E-state index is -0.823. The fourth-order valence-corrected chi connectivity index (χ4v) is 3.63. The number of carboxylic acid groups (broad SMARTS) is 1. The van der Waals surface area contributed by atoms with Crippen LogP contribution >= 0.6 is 24.0 Å². The Labute approximate surface area is 180 Å². The minimum Gasteiger partial charge on any atom is -0.481 e. The van der Waals surface area contributed by atoms with Crippen molar-refractivity contribution in [3.05, 3.63) is 89.2 Å². The van der Waals surface area contributed by atoms with Gasteiger partial charge < -0.3 is 10.1 Å². The van der Waals surface area contributed by atoms with Crippen molar-refractivity contribution in [3.8, 4) is 11.1 Å². The van der Waals surface area contributed by atoms with Crippen LogP contribution in [0.15, 0.2) is 72.8 Å². The van der Waals surface area contributed by atoms with E-state index in [9.17, 15) is 9.90 Å². The number of hydrogen-bond donors (Lipinski definition) is 2. The van der Waals surface area contributed by atoms with E-state index in [2.05, 4.69) is 22.1 Å². The summed E-state index contributed by atoms with van der Waals surface area (Å²) in [7, 11) is 0. The van der Waals surface area contributed by atoms with E-state index in [1.54, 1.807) is 6.07 Å². The Morgan fingerprint density at radius 2 is 1.69 bits per heavy atom. The van der Waals surface area contributed by atoms with Crippen LogP contribution in [0.2, 0.25) is 5.02 Å². The van der Waals surface area contributed by atoms with Gasteiger partial charge in [-0.15, -0.1) is 12.4 Å². The highest BCUT2D eigenvalue weighted by Crippen LogP contribution is 2.28. The van der Waals surface area contributed by atoms with E-state index in [0.29, 0.717) is 11.4 Å². The lowest BCUT2D eigenvalue weighted by Crippen LogP contribution is -2.10. The van der Waals surface area contributed by atoms with Crippen LogP contribution in [0.1, 0.15) is 23.7 Å². The number of nitrogens with zero attached hydrogens (tertiary/aromatic N) is 1. The zero-order chi connectivity index (χ0) is 19.5. The van der Waals surface area contributed by atoms with Gasteiger partial charge in [0.25, 0.3) is 0 Å². The van der Waals surface area contributed by atoms with Gasteiger partial charge in [0.2, 0.25) is 0 Å². The second-order valence-electron chi connectivity index (χ2n) is 6.83. The molecular weight excluding hydrogens is 407 g/mol. The van der Waals surface area contributed by atoms with Crippen LogP contribution in [0.25, 0.3) is 22.2 Å². The zero-order valence-electron chi connectivity index (χ0n) is 15.5. The molecule has 0 saturated carbocycles. The number of halogens is 2. The summed E-state index contributed by atoms with van der Waals surface area (Å²) in [4.78, 5) is 19.3. The molecule has 0 aliphatic rings. The fraction of sp³-hybridized carbons (Fsp3) is 0.130. The van der Waals surface area contributed by atoms with E-state index in [4.69, 9.17) is 11.6 Å². The maximum Gasteiger partial charge on any atom is 0.303 e. The molecule has 0 aliphatic carbocycles. The number of H-pyrrole nitrogens is 1. The third-order valence-electron chi connectivity index (χ3n) is 4.84. The Balaban J connectivity index is 0.00000240. The molecule has 0 amide bonds. The molecule has 0 spiro atoms. The third-order valence-corrected chi connectivity index (χ3v) is 5.08. The summed E-state index contributed by atoms with van der Waals surface area (Å²) in [6, 6.07) is 23.7. The Kier molecular flexibility index (Phi) is 6.57. The summed E-state index contributed by atoms with van der Waals surface area (Å²) in [6.45, 7) is 0. The topological polar surface area (TPSA) is 66.0 Å². The van der Waals surface area contributed by atoms with Crippen LogP contribution < -0.4 is 0 Å². The number of fused-ring (bicyclic) bond motifs is 1. The standard InChI is InChI=1S/C23H19ClN2O2.ClH/c24-19-10-11-20-21(14-19)26-22(25-20)12-18(13-23(27)28)17-8-6-16(7-9-17)15-4-2-1-3-5-15;/h1-11,14,18H,12-13H2,(H,25,26)(H,27,28);1H. The Morgan fingerprint density at radius 1 is 1.00 bits per heavy atom. The summed E-state index contributed by atoms with van der Waals surface area (Å²) in [5.41, 5.74) is 4.92. The number of rotatable bonds is 6. The molecule has 0 saturated heterocycles. The predicted molar refractivity (Wildman–Crippen MR) is 119 cm³/mol. The van der Waals surface area contributed by atoms with Crippen LogP contribution in [0.5, 0.6) is 0 Å². The van der Waals surface area contributed by atoms with E-state index in [1.807, 2.05) is 54.6 Å². The first kappa shape index (κ1) is 20.9. The lowest BCUT2D eigenvalue weighted by molar-refractivity contribution is -0.137. The highest BCUT2D eigenvalue weighted by atomic mass is 35.5. The van der Waals surface area contributed by atoms with Gasteiger partial charge in [-0.3, -0.25) is 4.79 Å². The molecule has 4 nitrogen and oxygen atoms in total. The second kappa shape index (κ2) is 9.12. The predicted octanol–water partition coefficient (Wildman–Crippen LogP) is 6.11. The first-order valence-corrected chi connectivity index (χ1v) is 9.47. The highest BCUT2D eigenvalue weighted by Gasteiger charge is 2.18. The molecule has 1 aromatic heterocycles. The number of aliphatic carboxylic acids is 1. The van der Waals surface area contributed by atoms with Crippen molar-refractivity contribution in [3.63, 3.8) is 0 Å². The third kappa shape index (κ3) is 4.97. The van der Waals surface area contributed by atoms with E-state index in [-0.39, 0.29) is 24.7 Å². The molecule has 0 bridgehead atoms. The van der Waals surface area contributed by atoms with Gasteiger partial charge in [0.05, 0.1) is 17.5 Å². The molecule has 2 N–H and O–H groups in total. The van der Waals surface area contributed by atoms with Crippen molar-refractivity contribution < 1.29 is 9.90 Å². The molecule has 1 unspecified atom stereocenters. The maximum atomic E-state index is 11.4. The van der Waals surface area contributed by atoms with Crippen molar-refractivity contribution in [2.45, 2.75) is 18.8 Å². The summed E-state index contributed by atoms with van der Waals surface area (Å²) >= 11 is 6.03. The monoisotopic (exact) mass is 426 g/mol. The van der Waals surface area contributed by atoms with Crippen LogP contribution in [0.3, 0.4) is 0 Å². The summed E-state index contributed by atoms with van der Waals surface area (Å²) in [6.07, 6.45) is 0.561. The first-order valence-electron chi connectivity index (χ1n) is 9.10. The molecule has 6 heteroatoms. The van der Waals surface area contributed by atoms with Gasteiger partial charge >= 0.3 is 5.97 Å². The zero-order valence-corrected chi connectivity index (χ0v) is 17.1. The van der Waals surface area contributed by atoms with Crippen LogP contribution in [0.4, 0.5) is 0 Å². The number of carboxylic acids is 1. The van der Waals surface area contributed by atoms with Crippen LogP contribution in [0, 0.1) is 0 Å². The lowest BCUT2D eigenvalue weighted by atomic mass is 9.91. The number of benzene rings is 3. The van der Waals surface area contributed by atoms with E-state index in [0.717, 1.165) is 33.5 Å². The van der Waals surface area contributed by atoms with Gasteiger partial charge in [-0.05, 0) is 34.9 Å². The molecule has 148 valence electrons. The Morgan fingerprint density at radius 3 is 2.38 bits per heavy atom.